The van der Waals surface area contributed by atoms with Crippen LogP contribution in [0.1, 0.15) is 25.7 Å². The molecule has 3 aliphatic heterocycles. The Bertz CT molecular complexity index is 722. The monoisotopic (exact) mass is 384 g/mol. The molecule has 0 N–H and O–H groups in total. The summed E-state index contributed by atoms with van der Waals surface area (Å²) in [6.45, 7) is 4.86. The maximum absolute atomic E-state index is 12.8. The van der Waals surface area contributed by atoms with Crippen LogP contribution in [0.15, 0.2) is 24.3 Å². The number of nitrogens with zero attached hydrogens (tertiary/aromatic N) is 4. The quantitative estimate of drug-likeness (QED) is 0.735. The van der Waals surface area contributed by atoms with Crippen LogP contribution in [0.5, 0.6) is 0 Å². The first-order chi connectivity index (χ1) is 13.7. The van der Waals surface area contributed by atoms with Crippen LogP contribution >= 0.6 is 0 Å². The molecule has 3 amide bonds. The number of benzene rings is 1. The summed E-state index contributed by atoms with van der Waals surface area (Å²) in [6, 6.07) is 8.17. The van der Waals surface area contributed by atoms with Crippen LogP contribution in [-0.4, -0.2) is 73.8 Å². The molecule has 0 saturated carbocycles. The number of hydrogen-bond acceptors (Lipinski definition) is 4. The second-order valence-electron chi connectivity index (χ2n) is 7.94. The van der Waals surface area contributed by atoms with Crippen molar-refractivity contribution >= 4 is 29.6 Å². The topological polar surface area (TPSA) is 64.2 Å². The Labute approximate surface area is 165 Å². The van der Waals surface area contributed by atoms with E-state index in [2.05, 4.69) is 17.0 Å². The third-order valence-electron chi connectivity index (χ3n) is 6.13. The van der Waals surface area contributed by atoms with Crippen LogP contribution in [0, 0.1) is 5.92 Å². The minimum atomic E-state index is -0.294. The molecule has 0 bridgehead atoms. The summed E-state index contributed by atoms with van der Waals surface area (Å²) in [6.07, 6.45) is 4.86. The maximum atomic E-state index is 12.8. The second kappa shape index (κ2) is 8.20. The van der Waals surface area contributed by atoms with Gasteiger partial charge in [-0.1, -0.05) is 0 Å². The molecule has 4 rings (SSSR count). The zero-order chi connectivity index (χ0) is 19.5. The molecule has 1 atom stereocenters. The molecule has 3 saturated heterocycles. The van der Waals surface area contributed by atoms with Gasteiger partial charge >= 0.3 is 0 Å². The Hall–Kier alpha value is -2.57. The average molecular weight is 384 g/mol. The number of amides is 3. The summed E-state index contributed by atoms with van der Waals surface area (Å²) in [5, 5.41) is 0. The minimum Gasteiger partial charge on any atom is -0.372 e. The van der Waals surface area contributed by atoms with Crippen LogP contribution in [0.25, 0.3) is 0 Å². The Morgan fingerprint density at radius 2 is 1.54 bits per heavy atom. The van der Waals surface area contributed by atoms with Gasteiger partial charge in [-0.15, -0.1) is 0 Å². The summed E-state index contributed by atoms with van der Waals surface area (Å²) < 4.78 is 0. The lowest BCUT2D eigenvalue weighted by molar-refractivity contribution is -0.139. The van der Waals surface area contributed by atoms with Gasteiger partial charge in [-0.2, -0.15) is 0 Å². The van der Waals surface area contributed by atoms with Gasteiger partial charge in [-0.25, -0.2) is 0 Å². The van der Waals surface area contributed by atoms with E-state index in [1.54, 1.807) is 14.7 Å². The van der Waals surface area contributed by atoms with Crippen molar-refractivity contribution < 1.29 is 14.4 Å². The van der Waals surface area contributed by atoms with E-state index < -0.39 is 0 Å². The van der Waals surface area contributed by atoms with Gasteiger partial charge in [0.2, 0.25) is 18.2 Å². The Balaban J connectivity index is 1.37. The van der Waals surface area contributed by atoms with E-state index in [1.165, 1.54) is 24.9 Å². The number of anilines is 2. The molecule has 3 heterocycles. The van der Waals surface area contributed by atoms with Crippen LogP contribution < -0.4 is 9.80 Å². The fourth-order valence-electron chi connectivity index (χ4n) is 4.42. The normalized spacial score (nSPS) is 23.3. The first-order valence-electron chi connectivity index (χ1n) is 10.3. The van der Waals surface area contributed by atoms with E-state index in [1.807, 2.05) is 12.1 Å². The van der Waals surface area contributed by atoms with E-state index in [4.69, 9.17) is 0 Å². The lowest BCUT2D eigenvalue weighted by Gasteiger charge is -2.34. The van der Waals surface area contributed by atoms with Crippen molar-refractivity contribution in [3.8, 4) is 0 Å². The van der Waals surface area contributed by atoms with Gasteiger partial charge in [-0.05, 0) is 43.5 Å². The minimum absolute atomic E-state index is 0.00981. The van der Waals surface area contributed by atoms with Gasteiger partial charge in [0, 0.05) is 63.6 Å². The molecule has 0 spiro atoms. The first kappa shape index (κ1) is 18.8. The first-order valence-corrected chi connectivity index (χ1v) is 10.3. The number of piperidine rings is 1. The van der Waals surface area contributed by atoms with E-state index in [9.17, 15) is 14.4 Å². The van der Waals surface area contributed by atoms with Crippen molar-refractivity contribution in [3.63, 3.8) is 0 Å². The van der Waals surface area contributed by atoms with E-state index in [-0.39, 0.29) is 24.2 Å². The molecule has 3 fully saturated rings. The Morgan fingerprint density at radius 3 is 2.18 bits per heavy atom. The third-order valence-corrected chi connectivity index (χ3v) is 6.13. The van der Waals surface area contributed by atoms with Gasteiger partial charge in [-0.3, -0.25) is 14.4 Å². The van der Waals surface area contributed by atoms with Crippen molar-refractivity contribution in [2.45, 2.75) is 25.7 Å². The predicted molar refractivity (Wildman–Crippen MR) is 107 cm³/mol. The molecule has 0 radical (unpaired) electrons. The molecular formula is C21H28N4O3. The largest absolute Gasteiger partial charge is 0.372 e. The van der Waals surface area contributed by atoms with Crippen LogP contribution in [0.3, 0.4) is 0 Å². The van der Waals surface area contributed by atoms with Gasteiger partial charge in [0.1, 0.15) is 0 Å². The number of hydrogen-bond donors (Lipinski definition) is 0. The van der Waals surface area contributed by atoms with E-state index >= 15 is 0 Å². The molecule has 3 aliphatic rings. The Morgan fingerprint density at radius 1 is 0.893 bits per heavy atom. The molecule has 0 aliphatic carbocycles. The van der Waals surface area contributed by atoms with E-state index in [0.29, 0.717) is 32.7 Å². The van der Waals surface area contributed by atoms with Crippen molar-refractivity contribution in [2.75, 3.05) is 55.6 Å². The van der Waals surface area contributed by atoms with Crippen molar-refractivity contribution in [1.29, 1.82) is 0 Å². The van der Waals surface area contributed by atoms with Crippen LogP contribution in [0.4, 0.5) is 11.4 Å². The summed E-state index contributed by atoms with van der Waals surface area (Å²) in [5.74, 6) is -0.251. The van der Waals surface area contributed by atoms with Crippen LogP contribution in [-0.2, 0) is 14.4 Å². The lowest BCUT2D eigenvalue weighted by Crippen LogP contribution is -2.50. The molecule has 0 aromatic heterocycles. The van der Waals surface area contributed by atoms with Gasteiger partial charge in [0.25, 0.3) is 0 Å². The zero-order valence-electron chi connectivity index (χ0n) is 16.3. The molecule has 7 nitrogen and oxygen atoms in total. The Kier molecular flexibility index (Phi) is 5.50. The predicted octanol–water partition coefficient (Wildman–Crippen LogP) is 1.33. The highest BCUT2D eigenvalue weighted by molar-refractivity contribution is 6.00. The smallest absolute Gasteiger partial charge is 0.228 e. The molecule has 1 aromatic carbocycles. The van der Waals surface area contributed by atoms with Gasteiger partial charge in [0.15, 0.2) is 0 Å². The number of carbonyl (C=O) groups is 3. The molecule has 7 heteroatoms. The molecule has 1 unspecified atom stereocenters. The third kappa shape index (κ3) is 3.84. The number of piperazine rings is 1. The SMILES string of the molecule is O=CN1CCN(C(=O)C2CC(=O)N(c3ccc(N4CCCCC4)cc3)C2)CC1. The number of rotatable bonds is 4. The van der Waals surface area contributed by atoms with Crippen LogP contribution in [0.2, 0.25) is 0 Å². The van der Waals surface area contributed by atoms with Crippen molar-refractivity contribution in [3.05, 3.63) is 24.3 Å². The highest BCUT2D eigenvalue weighted by atomic mass is 16.2. The zero-order valence-corrected chi connectivity index (χ0v) is 16.3. The number of carbonyl (C=O) groups excluding carboxylic acids is 3. The summed E-state index contributed by atoms with van der Waals surface area (Å²) in [5.41, 5.74) is 2.07. The highest BCUT2D eigenvalue weighted by Gasteiger charge is 2.37. The molecule has 150 valence electrons. The summed E-state index contributed by atoms with van der Waals surface area (Å²) >= 11 is 0. The molecular weight excluding hydrogens is 356 g/mol. The van der Waals surface area contributed by atoms with Gasteiger partial charge in [0.05, 0.1) is 5.92 Å². The molecule has 28 heavy (non-hydrogen) atoms. The standard InChI is InChI=1S/C21H28N4O3/c26-16-22-10-12-24(13-11-22)21(28)17-14-20(27)25(15-17)19-6-4-18(5-7-19)23-8-2-1-3-9-23/h4-7,16-17H,1-3,8-15H2. The average Bonchev–Trinajstić information content (AvgIpc) is 3.15. The molecule has 1 aromatic rings. The fourth-order valence-corrected chi connectivity index (χ4v) is 4.42. The van der Waals surface area contributed by atoms with E-state index in [0.717, 1.165) is 25.2 Å². The summed E-state index contributed by atoms with van der Waals surface area (Å²) in [7, 11) is 0. The highest BCUT2D eigenvalue weighted by Crippen LogP contribution is 2.29. The lowest BCUT2D eigenvalue weighted by atomic mass is 10.1. The van der Waals surface area contributed by atoms with Gasteiger partial charge < -0.3 is 19.6 Å². The maximum Gasteiger partial charge on any atom is 0.228 e. The second-order valence-corrected chi connectivity index (χ2v) is 7.94. The summed E-state index contributed by atoms with van der Waals surface area (Å²) in [4.78, 5) is 43.8. The van der Waals surface area contributed by atoms with Crippen molar-refractivity contribution in [1.82, 2.24) is 9.80 Å². The fraction of sp³-hybridized carbons (Fsp3) is 0.571. The van der Waals surface area contributed by atoms with Crippen molar-refractivity contribution in [2.24, 2.45) is 5.92 Å².